The third-order valence-corrected chi connectivity index (χ3v) is 8.51. The van der Waals surface area contributed by atoms with Gasteiger partial charge in [0.1, 0.15) is 5.76 Å². The van der Waals surface area contributed by atoms with E-state index in [4.69, 9.17) is 4.74 Å². The van der Waals surface area contributed by atoms with Crippen LogP contribution >= 0.6 is 0 Å². The largest absolute Gasteiger partial charge is 0.441 e. The van der Waals surface area contributed by atoms with E-state index in [1.54, 1.807) is 16.0 Å². The summed E-state index contributed by atoms with van der Waals surface area (Å²) in [5, 5.41) is 0. The van der Waals surface area contributed by atoms with Crippen LogP contribution in [0.15, 0.2) is 77.6 Å². The molecule has 2 aromatic carbocycles. The molecule has 2 aliphatic heterocycles. The molecule has 1 N–H and O–H groups in total. The van der Waals surface area contributed by atoms with Gasteiger partial charge in [-0.25, -0.2) is 0 Å². The number of likely N-dealkylation sites (tertiary alicyclic amines) is 1. The monoisotopic (exact) mass is 426 g/mol. The van der Waals surface area contributed by atoms with Gasteiger partial charge in [-0.05, 0) is 61.3 Å². The van der Waals surface area contributed by atoms with Gasteiger partial charge in [-0.2, -0.15) is 0 Å². The molecule has 1 saturated carbocycles. The second-order valence-corrected chi connectivity index (χ2v) is 10.3. The number of allylic oxidation sites excluding steroid dienone is 2. The number of quaternary nitrogens is 1. The summed E-state index contributed by atoms with van der Waals surface area (Å²) in [7, 11) is 0. The molecule has 4 aliphatic rings. The van der Waals surface area contributed by atoms with Crippen molar-refractivity contribution in [2.24, 2.45) is 5.92 Å². The molecular formula is C30H36NO+. The summed E-state index contributed by atoms with van der Waals surface area (Å²) < 4.78 is 7.38. The quantitative estimate of drug-likeness (QED) is 0.646. The lowest BCUT2D eigenvalue weighted by molar-refractivity contribution is -0.967. The summed E-state index contributed by atoms with van der Waals surface area (Å²) in [6.45, 7) is 2.49. The Morgan fingerprint density at radius 3 is 2.28 bits per heavy atom. The highest BCUT2D eigenvalue weighted by Crippen LogP contribution is 2.55. The first kappa shape index (κ1) is 20.3. The smallest absolute Gasteiger partial charge is 0.267 e. The molecule has 32 heavy (non-hydrogen) atoms. The van der Waals surface area contributed by atoms with Crippen molar-refractivity contribution in [3.05, 3.63) is 88.7 Å². The van der Waals surface area contributed by atoms with Crippen LogP contribution in [0.2, 0.25) is 0 Å². The van der Waals surface area contributed by atoms with E-state index in [0.29, 0.717) is 11.8 Å². The molecule has 2 nitrogen and oxygen atoms in total. The number of benzene rings is 2. The van der Waals surface area contributed by atoms with E-state index >= 15 is 0 Å². The zero-order chi connectivity index (χ0) is 21.4. The van der Waals surface area contributed by atoms with E-state index < -0.39 is 0 Å². The Morgan fingerprint density at radius 2 is 1.50 bits per heavy atom. The summed E-state index contributed by atoms with van der Waals surface area (Å²) in [5.41, 5.74) is 5.82. The highest BCUT2D eigenvalue weighted by atomic mass is 16.5. The zero-order valence-electron chi connectivity index (χ0n) is 19.2. The minimum absolute atomic E-state index is 0.193. The van der Waals surface area contributed by atoms with Crippen LogP contribution in [0.4, 0.5) is 0 Å². The predicted molar refractivity (Wildman–Crippen MR) is 130 cm³/mol. The highest BCUT2D eigenvalue weighted by Gasteiger charge is 2.61. The molecule has 0 bridgehead atoms. The molecule has 2 fully saturated rings. The van der Waals surface area contributed by atoms with E-state index in [1.165, 1.54) is 81.3 Å². The van der Waals surface area contributed by atoms with Crippen LogP contribution in [0.3, 0.4) is 0 Å². The zero-order valence-corrected chi connectivity index (χ0v) is 19.2. The fourth-order valence-corrected chi connectivity index (χ4v) is 7.22. The maximum absolute atomic E-state index is 7.38. The average molecular weight is 427 g/mol. The summed E-state index contributed by atoms with van der Waals surface area (Å²) in [4.78, 5) is 1.70. The number of nitrogens with one attached hydrogen (secondary N) is 1. The molecular weight excluding hydrogens is 390 g/mol. The Balaban J connectivity index is 1.55. The van der Waals surface area contributed by atoms with Crippen molar-refractivity contribution in [2.45, 2.75) is 69.4 Å². The van der Waals surface area contributed by atoms with Crippen molar-refractivity contribution < 1.29 is 9.64 Å². The van der Waals surface area contributed by atoms with Crippen molar-refractivity contribution in [3.8, 4) is 0 Å². The van der Waals surface area contributed by atoms with Crippen LogP contribution in [0.1, 0.15) is 74.8 Å². The molecule has 2 heterocycles. The van der Waals surface area contributed by atoms with Crippen molar-refractivity contribution in [1.82, 2.24) is 0 Å². The predicted octanol–water partition coefficient (Wildman–Crippen LogP) is 5.89. The number of rotatable bonds is 3. The van der Waals surface area contributed by atoms with Gasteiger partial charge >= 0.3 is 0 Å². The number of hydrogen-bond donors (Lipinski definition) is 1. The molecule has 0 radical (unpaired) electrons. The Labute approximate surface area is 193 Å². The third-order valence-electron chi connectivity index (χ3n) is 8.51. The van der Waals surface area contributed by atoms with Crippen molar-refractivity contribution in [3.63, 3.8) is 0 Å². The standard InChI is InChI=1S/C30H35NO/c1-3-12-23(13-4-1)22-25-16-11-18-27-29(24-14-5-2-6-15-24)26-17-7-8-19-28(26)32-30(25,27)31-20-9-10-21-31/h1-6,12-15,22,27,29H,7-11,16-21H2/p+1/b25-22+/t27-,29-,30-/m0/s1. The summed E-state index contributed by atoms with van der Waals surface area (Å²) in [6, 6.07) is 22.4. The number of ether oxygens (including phenoxy) is 1. The van der Waals surface area contributed by atoms with E-state index in [1.807, 2.05) is 0 Å². The van der Waals surface area contributed by atoms with Crippen LogP contribution in [-0.2, 0) is 4.74 Å². The normalized spacial score (nSPS) is 31.8. The molecule has 6 rings (SSSR count). The Morgan fingerprint density at radius 1 is 0.781 bits per heavy atom. The summed E-state index contributed by atoms with van der Waals surface area (Å²) >= 11 is 0. The van der Waals surface area contributed by atoms with Gasteiger partial charge in [-0.15, -0.1) is 0 Å². The lowest BCUT2D eigenvalue weighted by Crippen LogP contribution is -3.20. The maximum atomic E-state index is 7.38. The van der Waals surface area contributed by atoms with E-state index in [-0.39, 0.29) is 5.72 Å². The molecule has 2 aliphatic carbocycles. The minimum atomic E-state index is -0.193. The first-order valence-corrected chi connectivity index (χ1v) is 12.9. The van der Waals surface area contributed by atoms with Gasteiger partial charge in [0.2, 0.25) is 0 Å². The molecule has 3 atom stereocenters. The van der Waals surface area contributed by atoms with Crippen molar-refractivity contribution in [2.75, 3.05) is 13.1 Å². The fraction of sp³-hybridized carbons (Fsp3) is 0.467. The first-order valence-electron chi connectivity index (χ1n) is 12.9. The second kappa shape index (κ2) is 8.56. The second-order valence-electron chi connectivity index (χ2n) is 10.3. The number of hydrogen-bond acceptors (Lipinski definition) is 1. The van der Waals surface area contributed by atoms with Crippen LogP contribution in [0.5, 0.6) is 0 Å². The van der Waals surface area contributed by atoms with Gasteiger partial charge in [-0.3, -0.25) is 4.90 Å². The highest BCUT2D eigenvalue weighted by molar-refractivity contribution is 5.56. The van der Waals surface area contributed by atoms with E-state index in [9.17, 15) is 0 Å². The number of fused-ring (bicyclic) bond motifs is 1. The van der Waals surface area contributed by atoms with Crippen LogP contribution in [-0.4, -0.2) is 18.8 Å². The Kier molecular flexibility index (Phi) is 5.43. The lowest BCUT2D eigenvalue weighted by atomic mass is 9.63. The molecule has 1 saturated heterocycles. The fourth-order valence-electron chi connectivity index (χ4n) is 7.22. The van der Waals surface area contributed by atoms with Gasteiger partial charge in [0.15, 0.2) is 0 Å². The molecule has 2 aromatic rings. The summed E-state index contributed by atoms with van der Waals surface area (Å²) in [5.74, 6) is 2.38. The molecule has 0 amide bonds. The van der Waals surface area contributed by atoms with Gasteiger partial charge in [0.25, 0.3) is 5.72 Å². The van der Waals surface area contributed by atoms with Gasteiger partial charge in [0.05, 0.1) is 19.0 Å². The van der Waals surface area contributed by atoms with Crippen molar-refractivity contribution in [1.29, 1.82) is 0 Å². The average Bonchev–Trinajstić information content (AvgIpc) is 3.40. The molecule has 0 spiro atoms. The minimum Gasteiger partial charge on any atom is -0.441 e. The first-order chi connectivity index (χ1) is 15.9. The van der Waals surface area contributed by atoms with Crippen LogP contribution in [0, 0.1) is 5.92 Å². The molecule has 0 aromatic heterocycles. The third kappa shape index (κ3) is 3.35. The van der Waals surface area contributed by atoms with Gasteiger partial charge in [-0.1, -0.05) is 60.7 Å². The lowest BCUT2D eigenvalue weighted by Gasteiger charge is -2.54. The van der Waals surface area contributed by atoms with Crippen LogP contribution in [0.25, 0.3) is 6.08 Å². The molecule has 0 unspecified atom stereocenters. The summed E-state index contributed by atoms with van der Waals surface area (Å²) in [6.07, 6.45) is 13.8. The van der Waals surface area contributed by atoms with Crippen LogP contribution < -0.4 is 4.90 Å². The van der Waals surface area contributed by atoms with E-state index in [2.05, 4.69) is 66.7 Å². The molecule has 2 heteroatoms. The Hall–Kier alpha value is -2.32. The SMILES string of the molecule is C(=C1/CCC[C@H]2[C@@H](c3ccccc3)C3=C(CCCC3)O[C@@]12[NH+]1CCCC1)/c1ccccc1. The topological polar surface area (TPSA) is 13.7 Å². The van der Waals surface area contributed by atoms with E-state index in [0.717, 1.165) is 6.42 Å². The maximum Gasteiger partial charge on any atom is 0.267 e. The van der Waals surface area contributed by atoms with Crippen molar-refractivity contribution >= 4 is 6.08 Å². The van der Waals surface area contributed by atoms with Gasteiger partial charge in [0, 0.05) is 30.8 Å². The molecule has 166 valence electrons. The Bertz CT molecular complexity index is 1000. The van der Waals surface area contributed by atoms with Gasteiger partial charge < -0.3 is 4.74 Å².